The molecule has 0 bridgehead atoms. The third-order valence-corrected chi connectivity index (χ3v) is 7.06. The lowest BCUT2D eigenvalue weighted by Gasteiger charge is -2.34. The average Bonchev–Trinajstić information content (AvgIpc) is 2.95. The van der Waals surface area contributed by atoms with Gasteiger partial charge in [-0.1, -0.05) is 19.8 Å². The van der Waals surface area contributed by atoms with E-state index in [9.17, 15) is 29.6 Å². The fraction of sp³-hybridized carbons (Fsp3) is 0.684. The molecular formula is C19H29N2O8P. The number of hydrogen-bond donors (Lipinski definition) is 5. The highest BCUT2D eigenvalue weighted by Crippen LogP contribution is 2.53. The second kappa shape index (κ2) is 9.71. The molecule has 0 aliphatic carbocycles. The van der Waals surface area contributed by atoms with Crippen molar-refractivity contribution in [3.8, 4) is 11.8 Å². The van der Waals surface area contributed by atoms with Crippen molar-refractivity contribution in [1.29, 1.82) is 0 Å². The lowest BCUT2D eigenvalue weighted by molar-refractivity contribution is -0.0495. The molecule has 1 aromatic heterocycles. The summed E-state index contributed by atoms with van der Waals surface area (Å²) < 4.78 is 23.6. The monoisotopic (exact) mass is 444 g/mol. The summed E-state index contributed by atoms with van der Waals surface area (Å²) >= 11 is 0. The van der Waals surface area contributed by atoms with Gasteiger partial charge in [0.25, 0.3) is 0 Å². The van der Waals surface area contributed by atoms with Crippen LogP contribution in [0.5, 0.6) is 0 Å². The van der Waals surface area contributed by atoms with Gasteiger partial charge in [0.15, 0.2) is 5.85 Å². The Hall–Kier alpha value is -1.57. The smallest absolute Gasteiger partial charge is 0.356 e. The topological polar surface area (TPSA) is 162 Å². The summed E-state index contributed by atoms with van der Waals surface area (Å²) in [5, 5.41) is 30.9. The van der Waals surface area contributed by atoms with E-state index in [4.69, 9.17) is 9.26 Å². The second-order valence-electron chi connectivity index (χ2n) is 7.52. The first-order chi connectivity index (χ1) is 14.0. The molecule has 2 rings (SSSR count). The van der Waals surface area contributed by atoms with E-state index in [1.54, 1.807) is 27.7 Å². The highest BCUT2D eigenvalue weighted by Gasteiger charge is 2.48. The van der Waals surface area contributed by atoms with E-state index in [-0.39, 0.29) is 25.0 Å². The Bertz CT molecular complexity index is 910. The van der Waals surface area contributed by atoms with Crippen LogP contribution in [0.25, 0.3) is 0 Å². The number of aromatic nitrogens is 2. The van der Waals surface area contributed by atoms with Crippen LogP contribution in [0.1, 0.15) is 64.3 Å². The van der Waals surface area contributed by atoms with E-state index in [0.717, 1.165) is 0 Å². The van der Waals surface area contributed by atoms with Gasteiger partial charge in [-0.25, -0.2) is 9.78 Å². The van der Waals surface area contributed by atoms with Gasteiger partial charge in [-0.15, -0.1) is 0 Å². The molecule has 168 valence electrons. The van der Waals surface area contributed by atoms with Crippen molar-refractivity contribution in [1.82, 2.24) is 9.97 Å². The standard InChI is InChI=1S/C19H29N2O8P/c1-5-8-12-11(10-20-18(25)21-12)17-16(24)15(23)13(28-17)9-19(4,7-3)29-30(26,27)14(22)6-2/h10,13-17,22-24H,6-7,9H2,1-4H3,(H,26,27)(H,20,21,25)/t13-,14?,15?,16+,17+,19?/m1/s1. The number of nitrogens with zero attached hydrogens (tertiary/aromatic N) is 1. The third kappa shape index (κ3) is 5.37. The first-order valence-electron chi connectivity index (χ1n) is 9.72. The predicted molar refractivity (Wildman–Crippen MR) is 108 cm³/mol. The number of ether oxygens (including phenoxy) is 1. The molecule has 10 nitrogen and oxygen atoms in total. The van der Waals surface area contributed by atoms with Gasteiger partial charge in [0.2, 0.25) is 0 Å². The molecule has 0 radical (unpaired) electrons. The summed E-state index contributed by atoms with van der Waals surface area (Å²) in [6.45, 7) is 6.44. The number of H-pyrrole nitrogens is 1. The Morgan fingerprint density at radius 1 is 1.40 bits per heavy atom. The predicted octanol–water partition coefficient (Wildman–Crippen LogP) is 0.792. The molecule has 0 saturated carbocycles. The maximum Gasteiger partial charge on any atom is 0.356 e. The van der Waals surface area contributed by atoms with Gasteiger partial charge in [-0.3, -0.25) is 9.55 Å². The second-order valence-corrected chi connectivity index (χ2v) is 9.43. The maximum atomic E-state index is 12.3. The SMILES string of the molecule is CC#Cc1[nH]c(=O)ncc1[C@@H]1O[C@H](CC(C)(CC)OP(=O)(O)C(O)CC)C(O)[C@@H]1O. The van der Waals surface area contributed by atoms with Crippen molar-refractivity contribution in [2.45, 2.75) is 82.8 Å². The van der Waals surface area contributed by atoms with Crippen molar-refractivity contribution in [2.75, 3.05) is 0 Å². The largest absolute Gasteiger partial charge is 0.388 e. The van der Waals surface area contributed by atoms with Gasteiger partial charge < -0.3 is 29.5 Å². The molecular weight excluding hydrogens is 415 g/mol. The number of aliphatic hydroxyl groups excluding tert-OH is 3. The van der Waals surface area contributed by atoms with Gasteiger partial charge in [0.1, 0.15) is 24.0 Å². The average molecular weight is 444 g/mol. The summed E-state index contributed by atoms with van der Waals surface area (Å²) in [5.41, 5.74) is -1.29. The van der Waals surface area contributed by atoms with Gasteiger partial charge in [-0.05, 0) is 32.6 Å². The minimum Gasteiger partial charge on any atom is -0.388 e. The molecule has 1 aromatic rings. The van der Waals surface area contributed by atoms with Crippen LogP contribution in [-0.2, 0) is 13.8 Å². The highest BCUT2D eigenvalue weighted by molar-refractivity contribution is 7.53. The zero-order valence-corrected chi connectivity index (χ0v) is 18.3. The minimum atomic E-state index is -4.32. The molecule has 30 heavy (non-hydrogen) atoms. The Morgan fingerprint density at radius 3 is 2.63 bits per heavy atom. The fourth-order valence-corrected chi connectivity index (χ4v) is 4.72. The fourth-order valence-electron chi connectivity index (χ4n) is 3.30. The number of hydrogen-bond acceptors (Lipinski definition) is 8. The van der Waals surface area contributed by atoms with Crippen LogP contribution in [0.15, 0.2) is 11.0 Å². The van der Waals surface area contributed by atoms with Crippen molar-refractivity contribution in [2.24, 2.45) is 0 Å². The summed E-state index contributed by atoms with van der Waals surface area (Å²) in [6, 6.07) is 0. The molecule has 11 heteroatoms. The Labute approximate surface area is 174 Å². The van der Waals surface area contributed by atoms with Gasteiger partial charge in [-0.2, -0.15) is 0 Å². The van der Waals surface area contributed by atoms with E-state index in [1.807, 2.05) is 0 Å². The third-order valence-electron chi connectivity index (χ3n) is 5.23. The maximum absolute atomic E-state index is 12.3. The van der Waals surface area contributed by atoms with Crippen LogP contribution in [0.3, 0.4) is 0 Å². The van der Waals surface area contributed by atoms with Gasteiger partial charge >= 0.3 is 13.3 Å². The summed E-state index contributed by atoms with van der Waals surface area (Å²) in [4.78, 5) is 27.7. The highest BCUT2D eigenvalue weighted by atomic mass is 31.2. The Balaban J connectivity index is 2.27. The summed E-state index contributed by atoms with van der Waals surface area (Å²) in [6.07, 6.45) is -3.10. The summed E-state index contributed by atoms with van der Waals surface area (Å²) in [7, 11) is -4.32. The van der Waals surface area contributed by atoms with Crippen molar-refractivity contribution < 1.29 is 34.0 Å². The summed E-state index contributed by atoms with van der Waals surface area (Å²) in [5.74, 6) is 3.84. The first kappa shape index (κ1) is 24.7. The number of rotatable bonds is 8. The lowest BCUT2D eigenvalue weighted by Crippen LogP contribution is -2.39. The molecule has 1 aliphatic heterocycles. The van der Waals surface area contributed by atoms with Gasteiger partial charge in [0, 0.05) is 18.2 Å². The quantitative estimate of drug-likeness (QED) is 0.288. The lowest BCUT2D eigenvalue weighted by atomic mass is 9.92. The zero-order valence-electron chi connectivity index (χ0n) is 17.4. The molecule has 1 aliphatic rings. The first-order valence-corrected chi connectivity index (χ1v) is 11.4. The number of nitrogens with one attached hydrogen (secondary N) is 1. The molecule has 2 heterocycles. The molecule has 1 saturated heterocycles. The Kier molecular flexibility index (Phi) is 7.99. The molecule has 7 atom stereocenters. The van der Waals surface area contributed by atoms with Gasteiger partial charge in [0.05, 0.1) is 11.7 Å². The van der Waals surface area contributed by atoms with Crippen LogP contribution < -0.4 is 5.69 Å². The van der Waals surface area contributed by atoms with Crippen LogP contribution in [0.4, 0.5) is 0 Å². The van der Waals surface area contributed by atoms with E-state index in [1.165, 1.54) is 6.20 Å². The zero-order chi connectivity index (χ0) is 22.7. The van der Waals surface area contributed by atoms with Crippen molar-refractivity contribution in [3.63, 3.8) is 0 Å². The normalized spacial score (nSPS) is 28.8. The molecule has 0 aromatic carbocycles. The van der Waals surface area contributed by atoms with Crippen LogP contribution in [-0.4, -0.2) is 59.9 Å². The molecule has 0 spiro atoms. The van der Waals surface area contributed by atoms with Crippen molar-refractivity contribution in [3.05, 3.63) is 27.9 Å². The van der Waals surface area contributed by atoms with Crippen molar-refractivity contribution >= 4 is 7.60 Å². The van der Waals surface area contributed by atoms with Crippen LogP contribution >= 0.6 is 7.60 Å². The molecule has 4 unspecified atom stereocenters. The van der Waals surface area contributed by atoms with Crippen LogP contribution in [0.2, 0.25) is 0 Å². The minimum absolute atomic E-state index is 0.0230. The van der Waals surface area contributed by atoms with Crippen LogP contribution in [0, 0.1) is 11.8 Å². The van der Waals surface area contributed by atoms with E-state index in [0.29, 0.717) is 5.56 Å². The number of aliphatic hydroxyl groups is 3. The van der Waals surface area contributed by atoms with E-state index in [2.05, 4.69) is 21.8 Å². The Morgan fingerprint density at radius 2 is 2.07 bits per heavy atom. The van der Waals surface area contributed by atoms with E-state index < -0.39 is 49.1 Å². The molecule has 0 amide bonds. The number of aromatic amines is 1. The molecule has 5 N–H and O–H groups in total. The van der Waals surface area contributed by atoms with E-state index >= 15 is 0 Å². The molecule has 1 fully saturated rings.